The second-order valence-electron chi connectivity index (χ2n) is 2.49. The van der Waals surface area contributed by atoms with Crippen LogP contribution in [0.5, 0.6) is 0 Å². The number of rotatable bonds is 3. The topological polar surface area (TPSA) is 55.2 Å². The maximum absolute atomic E-state index is 10.4. The lowest BCUT2D eigenvalue weighted by atomic mass is 10.3. The van der Waals surface area contributed by atoms with Crippen molar-refractivity contribution in [3.63, 3.8) is 0 Å². The van der Waals surface area contributed by atoms with Gasteiger partial charge in [0.2, 0.25) is 0 Å². The van der Waals surface area contributed by atoms with E-state index < -0.39 is 4.92 Å². The molecule has 1 aromatic carbocycles. The molecular weight excluding hydrogens is 188 g/mol. The van der Waals surface area contributed by atoms with Crippen molar-refractivity contribution >= 4 is 24.0 Å². The van der Waals surface area contributed by atoms with Crippen LogP contribution >= 0.6 is 12.6 Å². The molecule has 0 amide bonds. The molecule has 0 saturated carbocycles. The van der Waals surface area contributed by atoms with Crippen molar-refractivity contribution in [3.05, 3.63) is 28.3 Å². The maximum atomic E-state index is 10.4. The Kier molecular flexibility index (Phi) is 3.13. The minimum atomic E-state index is -0.423. The van der Waals surface area contributed by atoms with Crippen molar-refractivity contribution in [1.29, 1.82) is 0 Å². The van der Waals surface area contributed by atoms with Gasteiger partial charge in [-0.3, -0.25) is 10.1 Å². The quantitative estimate of drug-likeness (QED) is 0.445. The van der Waals surface area contributed by atoms with Gasteiger partial charge in [0.15, 0.2) is 0 Å². The number of nitrogens with one attached hydrogen (secondary N) is 1. The lowest BCUT2D eigenvalue weighted by molar-refractivity contribution is -0.384. The highest BCUT2D eigenvalue weighted by Gasteiger charge is 2.07. The first-order chi connectivity index (χ1) is 6.15. The molecule has 0 atom stereocenters. The number of anilines is 1. The number of hydrogen-bond donors (Lipinski definition) is 2. The highest BCUT2D eigenvalue weighted by molar-refractivity contribution is 7.80. The lowest BCUT2D eigenvalue weighted by Gasteiger charge is -2.05. The van der Waals surface area contributed by atoms with E-state index in [2.05, 4.69) is 17.9 Å². The molecule has 0 spiro atoms. The lowest BCUT2D eigenvalue weighted by Crippen LogP contribution is -1.98. The van der Waals surface area contributed by atoms with Crippen LogP contribution in [-0.4, -0.2) is 11.5 Å². The van der Waals surface area contributed by atoms with Crippen LogP contribution in [0, 0.1) is 10.1 Å². The Hall–Kier alpha value is -1.23. The average molecular weight is 198 g/mol. The van der Waals surface area contributed by atoms with Crippen LogP contribution in [-0.2, 0) is 0 Å². The van der Waals surface area contributed by atoms with Gasteiger partial charge in [-0.25, -0.2) is 0 Å². The van der Waals surface area contributed by atoms with E-state index in [4.69, 9.17) is 0 Å². The van der Waals surface area contributed by atoms with Gasteiger partial charge in [0.05, 0.1) is 10.6 Å². The van der Waals surface area contributed by atoms with Crippen LogP contribution < -0.4 is 5.32 Å². The predicted molar refractivity (Wildman–Crippen MR) is 54.5 cm³/mol. The van der Waals surface area contributed by atoms with Gasteiger partial charge in [0, 0.05) is 23.6 Å². The van der Waals surface area contributed by atoms with Crippen molar-refractivity contribution < 1.29 is 4.92 Å². The van der Waals surface area contributed by atoms with Crippen LogP contribution in [0.4, 0.5) is 11.4 Å². The van der Waals surface area contributed by atoms with E-state index in [9.17, 15) is 10.1 Å². The van der Waals surface area contributed by atoms with Gasteiger partial charge >= 0.3 is 0 Å². The molecule has 0 bridgehead atoms. The number of benzene rings is 1. The Bertz CT molecular complexity index is 328. The fourth-order valence-corrected chi connectivity index (χ4v) is 1.19. The standard InChI is InChI=1S/C8H10N2O2S/c1-2-9-7-5-6(10(11)12)3-4-8(7)13/h3-5,9,13H,2H2,1H3. The summed E-state index contributed by atoms with van der Waals surface area (Å²) in [6.07, 6.45) is 0. The zero-order valence-corrected chi connectivity index (χ0v) is 8.04. The van der Waals surface area contributed by atoms with Crippen LogP contribution in [0.25, 0.3) is 0 Å². The molecule has 5 heteroatoms. The number of nitrogens with zero attached hydrogens (tertiary/aromatic N) is 1. The fourth-order valence-electron chi connectivity index (χ4n) is 0.970. The molecule has 70 valence electrons. The molecule has 0 fully saturated rings. The van der Waals surface area contributed by atoms with Gasteiger partial charge < -0.3 is 5.32 Å². The molecule has 0 heterocycles. The zero-order chi connectivity index (χ0) is 9.84. The summed E-state index contributed by atoms with van der Waals surface area (Å²) < 4.78 is 0. The minimum absolute atomic E-state index is 0.0775. The molecule has 13 heavy (non-hydrogen) atoms. The Morgan fingerprint density at radius 3 is 2.85 bits per heavy atom. The van der Waals surface area contributed by atoms with E-state index in [-0.39, 0.29) is 5.69 Å². The fraction of sp³-hybridized carbons (Fsp3) is 0.250. The first kappa shape index (κ1) is 9.85. The number of thiol groups is 1. The number of nitro benzene ring substituents is 1. The molecule has 0 aromatic heterocycles. The summed E-state index contributed by atoms with van der Waals surface area (Å²) in [4.78, 5) is 10.7. The van der Waals surface area contributed by atoms with Crippen molar-refractivity contribution in [2.75, 3.05) is 11.9 Å². The van der Waals surface area contributed by atoms with Crippen molar-refractivity contribution in [2.45, 2.75) is 11.8 Å². The Morgan fingerprint density at radius 2 is 2.31 bits per heavy atom. The van der Waals surface area contributed by atoms with Crippen molar-refractivity contribution in [1.82, 2.24) is 0 Å². The third-order valence-electron chi connectivity index (χ3n) is 1.56. The summed E-state index contributed by atoms with van der Waals surface area (Å²) in [5.74, 6) is 0. The number of hydrogen-bond acceptors (Lipinski definition) is 4. The second-order valence-corrected chi connectivity index (χ2v) is 2.97. The van der Waals surface area contributed by atoms with Crippen molar-refractivity contribution in [3.8, 4) is 0 Å². The normalized spacial score (nSPS) is 9.69. The van der Waals surface area contributed by atoms with Crippen LogP contribution in [0.15, 0.2) is 23.1 Å². The van der Waals surface area contributed by atoms with Gasteiger partial charge in [-0.2, -0.15) is 0 Å². The van der Waals surface area contributed by atoms with Crippen LogP contribution in [0.1, 0.15) is 6.92 Å². The minimum Gasteiger partial charge on any atom is -0.384 e. The third kappa shape index (κ3) is 2.35. The molecule has 0 saturated heterocycles. The SMILES string of the molecule is CCNc1cc([N+](=O)[O-])ccc1S. The van der Waals surface area contributed by atoms with E-state index in [0.717, 1.165) is 0 Å². The zero-order valence-electron chi connectivity index (χ0n) is 7.15. The molecule has 0 unspecified atom stereocenters. The van der Waals surface area contributed by atoms with E-state index in [1.807, 2.05) is 6.92 Å². The largest absolute Gasteiger partial charge is 0.384 e. The monoisotopic (exact) mass is 198 g/mol. The van der Waals surface area contributed by atoms with E-state index in [1.165, 1.54) is 12.1 Å². The number of non-ortho nitro benzene ring substituents is 1. The third-order valence-corrected chi connectivity index (χ3v) is 1.95. The summed E-state index contributed by atoms with van der Waals surface area (Å²) >= 11 is 4.16. The highest BCUT2D eigenvalue weighted by Crippen LogP contribution is 2.24. The molecule has 4 nitrogen and oxygen atoms in total. The number of nitro groups is 1. The van der Waals surface area contributed by atoms with Crippen molar-refractivity contribution in [2.24, 2.45) is 0 Å². The van der Waals surface area contributed by atoms with E-state index in [0.29, 0.717) is 17.1 Å². The van der Waals surface area contributed by atoms with Gasteiger partial charge in [-0.05, 0) is 13.0 Å². The van der Waals surface area contributed by atoms with Gasteiger partial charge in [0.1, 0.15) is 0 Å². The molecule has 0 aliphatic carbocycles. The average Bonchev–Trinajstić information content (AvgIpc) is 2.08. The van der Waals surface area contributed by atoms with Crippen LogP contribution in [0.3, 0.4) is 0 Å². The predicted octanol–water partition coefficient (Wildman–Crippen LogP) is 2.32. The second kappa shape index (κ2) is 4.13. The Labute approximate surface area is 81.5 Å². The molecule has 0 aliphatic heterocycles. The molecule has 1 rings (SSSR count). The van der Waals surface area contributed by atoms with Crippen LogP contribution in [0.2, 0.25) is 0 Å². The van der Waals surface area contributed by atoms with Gasteiger partial charge in [-0.1, -0.05) is 0 Å². The summed E-state index contributed by atoms with van der Waals surface area (Å²) in [6.45, 7) is 2.64. The summed E-state index contributed by atoms with van der Waals surface area (Å²) in [5, 5.41) is 13.4. The summed E-state index contributed by atoms with van der Waals surface area (Å²) in [7, 11) is 0. The summed E-state index contributed by atoms with van der Waals surface area (Å²) in [5.41, 5.74) is 0.772. The Morgan fingerprint density at radius 1 is 1.62 bits per heavy atom. The maximum Gasteiger partial charge on any atom is 0.271 e. The first-order valence-electron chi connectivity index (χ1n) is 3.86. The molecule has 0 aliphatic rings. The van der Waals surface area contributed by atoms with Gasteiger partial charge in [-0.15, -0.1) is 12.6 Å². The molecular formula is C8H10N2O2S. The van der Waals surface area contributed by atoms with E-state index in [1.54, 1.807) is 6.07 Å². The van der Waals surface area contributed by atoms with Gasteiger partial charge in [0.25, 0.3) is 5.69 Å². The first-order valence-corrected chi connectivity index (χ1v) is 4.31. The molecule has 1 N–H and O–H groups in total. The Balaban J connectivity index is 3.03. The van der Waals surface area contributed by atoms with E-state index >= 15 is 0 Å². The molecule has 1 aromatic rings. The smallest absolute Gasteiger partial charge is 0.271 e. The summed E-state index contributed by atoms with van der Waals surface area (Å²) in [6, 6.07) is 4.52. The highest BCUT2D eigenvalue weighted by atomic mass is 32.1. The molecule has 0 radical (unpaired) electrons.